The summed E-state index contributed by atoms with van der Waals surface area (Å²) in [7, 11) is 3.87. The van der Waals surface area contributed by atoms with Gasteiger partial charge >= 0.3 is 6.09 Å². The number of alkyl carbamates (subject to hydrolysis) is 1. The Bertz CT molecular complexity index is 2130. The molecule has 4 aromatic rings. The summed E-state index contributed by atoms with van der Waals surface area (Å²) in [6.07, 6.45) is 0.266. The molecule has 4 rings (SSSR count). The van der Waals surface area contributed by atoms with Gasteiger partial charge in [-0.25, -0.2) is 13.6 Å². The van der Waals surface area contributed by atoms with Gasteiger partial charge in [0.15, 0.2) is 23.2 Å². The van der Waals surface area contributed by atoms with Crippen LogP contribution in [0.15, 0.2) is 100 Å². The number of halogens is 2. The number of anilines is 1. The molecule has 0 aliphatic rings. The smallest absolute Gasteiger partial charge is 0.407 e. The first-order valence-corrected chi connectivity index (χ1v) is 18.3. The van der Waals surface area contributed by atoms with Crippen LogP contribution in [0.3, 0.4) is 0 Å². The second-order valence-electron chi connectivity index (χ2n) is 14.2. The zero-order valence-electron chi connectivity index (χ0n) is 32.8. The number of unbranched alkanes of at least 4 members (excludes halogenated alkanes) is 1. The van der Waals surface area contributed by atoms with Crippen molar-refractivity contribution in [1.29, 1.82) is 0 Å². The van der Waals surface area contributed by atoms with Crippen molar-refractivity contribution in [1.82, 2.24) is 16.0 Å². The molecule has 0 aromatic heterocycles. The maximum absolute atomic E-state index is 15.1. The van der Waals surface area contributed by atoms with Crippen LogP contribution in [-0.4, -0.2) is 62.6 Å². The topological polar surface area (TPSA) is 200 Å². The maximum Gasteiger partial charge on any atom is 0.407 e. The average molecular weight is 798 g/mol. The molecule has 0 saturated carbocycles. The van der Waals surface area contributed by atoms with Crippen LogP contribution >= 0.6 is 0 Å². The molecular weight excluding hydrogens is 753 g/mol. The Kier molecular flexibility index (Phi) is 15.8. The van der Waals surface area contributed by atoms with Gasteiger partial charge in [-0.2, -0.15) is 10.2 Å². The number of nitrogens with one attached hydrogen (secondary N) is 3. The van der Waals surface area contributed by atoms with E-state index in [9.17, 15) is 19.2 Å². The summed E-state index contributed by atoms with van der Waals surface area (Å²) in [6.45, 7) is 4.41. The number of hydrogen-bond donors (Lipinski definition) is 3. The number of hydrogen-bond acceptors (Lipinski definition) is 10. The van der Waals surface area contributed by atoms with E-state index in [2.05, 4.69) is 36.2 Å². The monoisotopic (exact) mass is 797 g/mol. The Hall–Kier alpha value is -6.87. The summed E-state index contributed by atoms with van der Waals surface area (Å²) >= 11 is 0. The SMILES string of the molecule is CN(C)c1ccc(N=Nc2ccc(C(=O)NCc3cc(F)c(OCC(=O)[C@H](CCCCNC(=O)OC(C)(C)C)NC(=O)c4cccc(N=[N+]=[N-])c4)c(F)c3)cc2)cc1. The number of carbonyl (C=O) groups excluding carboxylic acids is 4. The maximum atomic E-state index is 15.1. The molecule has 3 N–H and O–H groups in total. The normalized spacial score (nSPS) is 11.6. The standard InChI is InChI=1S/C41H45F2N9O6/c1-41(2,3)58-40(56)45-20-7-6-11-35(47-39(55)28-9-8-10-31(23-28)50-51-44)36(53)25-57-37-33(42)21-26(22-34(37)43)24-46-38(54)27-12-14-29(15-13-27)48-49-30-16-18-32(19-17-30)52(4)5/h8-10,12-19,21-23,35H,6-7,11,20,24-25H2,1-5H3,(H,45,56)(H,46,54)(H,47,55)/t35-/m0/s1. The number of benzene rings is 4. The molecule has 3 amide bonds. The second-order valence-corrected chi connectivity index (χ2v) is 14.2. The summed E-state index contributed by atoms with van der Waals surface area (Å²) in [4.78, 5) is 55.9. The molecule has 0 radical (unpaired) electrons. The Morgan fingerprint density at radius 3 is 2.05 bits per heavy atom. The molecule has 58 heavy (non-hydrogen) atoms. The van der Waals surface area contributed by atoms with Crippen LogP contribution in [0.1, 0.15) is 66.3 Å². The lowest BCUT2D eigenvalue weighted by Crippen LogP contribution is -2.43. The number of amides is 3. The summed E-state index contributed by atoms with van der Waals surface area (Å²) in [5.74, 6) is -4.85. The van der Waals surface area contributed by atoms with Crippen molar-refractivity contribution in [2.45, 2.75) is 58.2 Å². The third kappa shape index (κ3) is 14.0. The minimum atomic E-state index is -1.14. The van der Waals surface area contributed by atoms with E-state index in [1.54, 1.807) is 45.0 Å². The van der Waals surface area contributed by atoms with E-state index >= 15 is 8.78 Å². The lowest BCUT2D eigenvalue weighted by molar-refractivity contribution is -0.123. The molecule has 0 aliphatic heterocycles. The van der Waals surface area contributed by atoms with Gasteiger partial charge in [0.2, 0.25) is 0 Å². The Labute approximate surface area is 334 Å². The number of rotatable bonds is 18. The molecule has 0 aliphatic carbocycles. The highest BCUT2D eigenvalue weighted by atomic mass is 19.1. The fraction of sp³-hybridized carbons (Fsp3) is 0.317. The molecule has 0 spiro atoms. The van der Waals surface area contributed by atoms with Crippen LogP contribution < -0.4 is 25.6 Å². The lowest BCUT2D eigenvalue weighted by Gasteiger charge is -2.20. The first-order chi connectivity index (χ1) is 27.6. The number of ketones is 1. The van der Waals surface area contributed by atoms with Crippen molar-refractivity contribution < 1.29 is 37.4 Å². The Morgan fingerprint density at radius 1 is 0.810 bits per heavy atom. The van der Waals surface area contributed by atoms with Crippen molar-refractivity contribution in [3.63, 3.8) is 0 Å². The van der Waals surface area contributed by atoms with Gasteiger partial charge in [-0.15, -0.1) is 0 Å². The van der Waals surface area contributed by atoms with Gasteiger partial charge < -0.3 is 30.3 Å². The second kappa shape index (κ2) is 20.9. The van der Waals surface area contributed by atoms with Gasteiger partial charge in [0.25, 0.3) is 11.8 Å². The Balaban J connectivity index is 1.34. The third-order valence-corrected chi connectivity index (χ3v) is 8.20. The zero-order valence-corrected chi connectivity index (χ0v) is 32.8. The van der Waals surface area contributed by atoms with Crippen LogP contribution in [-0.2, 0) is 16.1 Å². The first-order valence-electron chi connectivity index (χ1n) is 18.3. The van der Waals surface area contributed by atoms with Crippen LogP contribution in [0.4, 0.5) is 36.3 Å². The van der Waals surface area contributed by atoms with E-state index < -0.39 is 59.3 Å². The van der Waals surface area contributed by atoms with E-state index in [1.807, 2.05) is 43.3 Å². The van der Waals surface area contributed by atoms with Crippen molar-refractivity contribution >= 4 is 46.4 Å². The van der Waals surface area contributed by atoms with Crippen LogP contribution in [0, 0.1) is 11.6 Å². The summed E-state index contributed by atoms with van der Waals surface area (Å²) in [5, 5.41) is 19.7. The number of nitrogens with zero attached hydrogens (tertiary/aromatic N) is 6. The van der Waals surface area contributed by atoms with Gasteiger partial charge in [0, 0.05) is 54.6 Å². The molecule has 0 fully saturated rings. The predicted octanol–water partition coefficient (Wildman–Crippen LogP) is 8.76. The van der Waals surface area contributed by atoms with Gasteiger partial charge in [0.05, 0.1) is 17.4 Å². The molecule has 17 heteroatoms. The van der Waals surface area contributed by atoms with Gasteiger partial charge in [-0.1, -0.05) is 17.2 Å². The first kappa shape index (κ1) is 43.9. The summed E-state index contributed by atoms with van der Waals surface area (Å²) in [6, 6.07) is 20.4. The van der Waals surface area contributed by atoms with Crippen molar-refractivity contribution in [3.05, 3.63) is 124 Å². The van der Waals surface area contributed by atoms with Gasteiger partial charge in [-0.05, 0) is 124 Å². The van der Waals surface area contributed by atoms with Gasteiger partial charge in [-0.3, -0.25) is 14.4 Å². The highest BCUT2D eigenvalue weighted by molar-refractivity contribution is 5.98. The molecule has 0 saturated heterocycles. The molecule has 0 unspecified atom stereocenters. The van der Waals surface area contributed by atoms with E-state index in [-0.39, 0.29) is 41.9 Å². The van der Waals surface area contributed by atoms with Crippen LogP contribution in [0.2, 0.25) is 0 Å². The molecule has 304 valence electrons. The average Bonchev–Trinajstić information content (AvgIpc) is 3.18. The molecular formula is C41H45F2N9O6. The molecule has 4 aromatic carbocycles. The predicted molar refractivity (Wildman–Crippen MR) is 214 cm³/mol. The fourth-order valence-electron chi connectivity index (χ4n) is 5.29. The highest BCUT2D eigenvalue weighted by Gasteiger charge is 2.24. The van der Waals surface area contributed by atoms with E-state index in [4.69, 9.17) is 15.0 Å². The number of azo groups is 1. The quantitative estimate of drug-likeness (QED) is 0.0387. The van der Waals surface area contributed by atoms with E-state index in [1.165, 1.54) is 24.3 Å². The molecule has 0 bridgehead atoms. The Morgan fingerprint density at radius 2 is 1.45 bits per heavy atom. The third-order valence-electron chi connectivity index (χ3n) is 8.20. The van der Waals surface area contributed by atoms with Gasteiger partial charge in [0.1, 0.15) is 12.2 Å². The number of azide groups is 1. The highest BCUT2D eigenvalue weighted by Crippen LogP contribution is 2.25. The van der Waals surface area contributed by atoms with Crippen molar-refractivity contribution in [2.24, 2.45) is 15.3 Å². The fourth-order valence-corrected chi connectivity index (χ4v) is 5.29. The van der Waals surface area contributed by atoms with Crippen LogP contribution in [0.25, 0.3) is 10.4 Å². The minimum absolute atomic E-state index is 0.0980. The van der Waals surface area contributed by atoms with Crippen molar-refractivity contribution in [3.8, 4) is 5.75 Å². The molecule has 1 atom stereocenters. The number of carbonyl (C=O) groups is 4. The largest absolute Gasteiger partial charge is 0.480 e. The van der Waals surface area contributed by atoms with Crippen molar-refractivity contribution in [2.75, 3.05) is 32.1 Å². The van der Waals surface area contributed by atoms with E-state index in [0.29, 0.717) is 24.2 Å². The summed E-state index contributed by atoms with van der Waals surface area (Å²) < 4.78 is 40.8. The van der Waals surface area contributed by atoms with Crippen LogP contribution in [0.5, 0.6) is 5.75 Å². The minimum Gasteiger partial charge on any atom is -0.480 e. The molecule has 15 nitrogen and oxygen atoms in total. The number of ether oxygens (including phenoxy) is 2. The zero-order chi connectivity index (χ0) is 42.2. The summed E-state index contributed by atoms with van der Waals surface area (Å²) in [5.41, 5.74) is 10.9. The number of Topliss-reactive ketones (excluding diaryl/α,β-unsaturated/α-hetero) is 1. The van der Waals surface area contributed by atoms with E-state index in [0.717, 1.165) is 17.8 Å². The molecule has 0 heterocycles. The lowest BCUT2D eigenvalue weighted by atomic mass is 10.0.